The molecule has 0 bridgehead atoms. The number of nitrogens with zero attached hydrogens (tertiary/aromatic N) is 1. The number of phenols is 1. The molecule has 0 saturated heterocycles. The summed E-state index contributed by atoms with van der Waals surface area (Å²) in [5.74, 6) is 0.322. The Labute approximate surface area is 58.4 Å². The molecule has 0 aliphatic rings. The van der Waals surface area contributed by atoms with E-state index < -0.39 is 0 Å². The summed E-state index contributed by atoms with van der Waals surface area (Å²) >= 11 is 0. The van der Waals surface area contributed by atoms with Crippen LogP contribution in [0.15, 0.2) is 30.3 Å². The van der Waals surface area contributed by atoms with Crippen molar-refractivity contribution in [3.05, 3.63) is 35.7 Å². The Morgan fingerprint density at radius 3 is 1.90 bits per heavy atom. The second-order valence-electron chi connectivity index (χ2n) is 1.43. The first kappa shape index (κ1) is 8.40. The first-order chi connectivity index (χ1) is 4.81. The Morgan fingerprint density at radius 2 is 1.70 bits per heavy atom. The van der Waals surface area contributed by atoms with Crippen LogP contribution in [-0.4, -0.2) is 11.2 Å². The van der Waals surface area contributed by atoms with Crippen molar-refractivity contribution in [1.29, 1.82) is 0 Å². The van der Waals surface area contributed by atoms with Gasteiger partial charge < -0.3 is 10.5 Å². The van der Waals surface area contributed by atoms with Crippen LogP contribution >= 0.6 is 0 Å². The maximum Gasteiger partial charge on any atom is 0.115 e. The number of para-hydroxylation sites is 1. The van der Waals surface area contributed by atoms with Gasteiger partial charge in [0.05, 0.1) is 0 Å². The lowest BCUT2D eigenvalue weighted by Gasteiger charge is -1.82. The van der Waals surface area contributed by atoms with Crippen LogP contribution in [0.5, 0.6) is 5.75 Å². The molecule has 1 aromatic rings. The molecule has 52 valence electrons. The number of hydrogen-bond acceptors (Lipinski definition) is 2. The van der Waals surface area contributed by atoms with Crippen LogP contribution < -0.4 is 0 Å². The summed E-state index contributed by atoms with van der Waals surface area (Å²) in [4.78, 5) is 8.24. The summed E-state index contributed by atoms with van der Waals surface area (Å²) in [6, 6.07) is 8.71. The summed E-state index contributed by atoms with van der Waals surface area (Å²) in [5, 5.41) is 15.4. The molecule has 1 N–H and O–H groups in total. The fourth-order valence-electron chi connectivity index (χ4n) is 0.428. The Balaban J connectivity index is 0.000000236. The van der Waals surface area contributed by atoms with Crippen LogP contribution in [0.2, 0.25) is 0 Å². The van der Waals surface area contributed by atoms with Gasteiger partial charge in [-0.1, -0.05) is 18.2 Å². The fraction of sp³-hybridized carbons (Fsp3) is 0. The highest BCUT2D eigenvalue weighted by Crippen LogP contribution is 2.02. The highest BCUT2D eigenvalue weighted by molar-refractivity contribution is 5.36. The first-order valence-corrected chi connectivity index (χ1v) is 2.56. The Bertz CT molecular complexity index is 202. The van der Waals surface area contributed by atoms with Crippen LogP contribution in [-0.2, 0) is 4.79 Å². The van der Waals surface area contributed by atoms with Gasteiger partial charge in [-0.2, -0.15) is 0 Å². The van der Waals surface area contributed by atoms with Gasteiger partial charge in [-0.15, -0.1) is 0 Å². The molecule has 3 nitrogen and oxygen atoms in total. The summed E-state index contributed by atoms with van der Waals surface area (Å²) in [5.41, 5.74) is 0. The van der Waals surface area contributed by atoms with Crippen LogP contribution in [0.1, 0.15) is 0 Å². The lowest BCUT2D eigenvalue weighted by atomic mass is 10.3. The molecule has 0 aromatic heterocycles. The smallest absolute Gasteiger partial charge is 0.115 e. The number of hydrogen-bond donors (Lipinski definition) is 1. The molecule has 1 rings (SSSR count). The second kappa shape index (κ2) is 5.54. The third kappa shape index (κ3) is 4.56. The molecule has 0 aliphatic carbocycles. The van der Waals surface area contributed by atoms with Gasteiger partial charge in [0.1, 0.15) is 5.75 Å². The molecule has 0 radical (unpaired) electrons. The van der Waals surface area contributed by atoms with Gasteiger partial charge in [0.25, 0.3) is 0 Å². The van der Waals surface area contributed by atoms with Crippen molar-refractivity contribution in [2.75, 3.05) is 0 Å². The number of isocyanates is 1. The van der Waals surface area contributed by atoms with Gasteiger partial charge in [-0.3, -0.25) is 4.79 Å². The summed E-state index contributed by atoms with van der Waals surface area (Å²) in [6.45, 7) is 0. The molecule has 0 heterocycles. The Kier molecular flexibility index (Phi) is 4.65. The highest BCUT2D eigenvalue weighted by atomic mass is 16.3. The fourth-order valence-corrected chi connectivity index (χ4v) is 0.428. The predicted octanol–water partition coefficient (Wildman–Crippen LogP) is 1.28. The zero-order valence-electron chi connectivity index (χ0n) is 5.19. The minimum Gasteiger partial charge on any atom is -0.724 e. The quantitative estimate of drug-likeness (QED) is 0.431. The SMILES string of the molecule is Oc1ccccc1.[N-]=C=O. The molecular formula is C7H6NO2-. The summed E-state index contributed by atoms with van der Waals surface area (Å²) in [7, 11) is 0. The van der Waals surface area contributed by atoms with Crippen molar-refractivity contribution < 1.29 is 9.90 Å². The molecule has 0 atom stereocenters. The van der Waals surface area contributed by atoms with Crippen LogP contribution in [0.25, 0.3) is 5.41 Å². The van der Waals surface area contributed by atoms with Crippen molar-refractivity contribution >= 4 is 6.08 Å². The lowest BCUT2D eigenvalue weighted by molar-refractivity contribution is 0.475. The lowest BCUT2D eigenvalue weighted by Crippen LogP contribution is -1.56. The molecular weight excluding hydrogens is 130 g/mol. The maximum absolute atomic E-state index is 8.63. The third-order valence-corrected chi connectivity index (χ3v) is 0.756. The van der Waals surface area contributed by atoms with Crippen molar-refractivity contribution in [2.24, 2.45) is 0 Å². The van der Waals surface area contributed by atoms with Crippen LogP contribution in [0, 0.1) is 0 Å². The molecule has 3 heteroatoms. The molecule has 1 aromatic carbocycles. The average molecular weight is 136 g/mol. The molecule has 0 unspecified atom stereocenters. The van der Waals surface area contributed by atoms with E-state index in [-0.39, 0.29) is 0 Å². The van der Waals surface area contributed by atoms with E-state index >= 15 is 0 Å². The number of rotatable bonds is 0. The van der Waals surface area contributed by atoms with E-state index in [9.17, 15) is 0 Å². The number of aromatic hydroxyl groups is 1. The molecule has 0 aliphatic heterocycles. The topological polar surface area (TPSA) is 59.6 Å². The zero-order chi connectivity index (χ0) is 7.82. The van der Waals surface area contributed by atoms with Gasteiger partial charge >= 0.3 is 0 Å². The first-order valence-electron chi connectivity index (χ1n) is 2.56. The van der Waals surface area contributed by atoms with Gasteiger partial charge in [0.15, 0.2) is 0 Å². The summed E-state index contributed by atoms with van der Waals surface area (Å²) < 4.78 is 0. The van der Waals surface area contributed by atoms with E-state index in [2.05, 4.69) is 0 Å². The minimum atomic E-state index is 0.322. The number of carbonyl (C=O) groups excluding carboxylic acids is 1. The van der Waals surface area contributed by atoms with E-state index in [1.165, 1.54) is 0 Å². The normalized spacial score (nSPS) is 6.80. The van der Waals surface area contributed by atoms with Crippen LogP contribution in [0.3, 0.4) is 0 Å². The van der Waals surface area contributed by atoms with Crippen molar-refractivity contribution in [3.63, 3.8) is 0 Å². The summed E-state index contributed by atoms with van der Waals surface area (Å²) in [6.07, 6.45) is 0.500. The van der Waals surface area contributed by atoms with E-state index in [0.717, 1.165) is 0 Å². The number of phenolic OH excluding ortho intramolecular Hbond substituents is 1. The van der Waals surface area contributed by atoms with E-state index in [1.54, 1.807) is 24.3 Å². The second-order valence-corrected chi connectivity index (χ2v) is 1.43. The largest absolute Gasteiger partial charge is 0.724 e. The Hall–Kier alpha value is -1.60. The van der Waals surface area contributed by atoms with E-state index in [0.29, 0.717) is 11.8 Å². The molecule has 0 fully saturated rings. The maximum atomic E-state index is 8.63. The monoisotopic (exact) mass is 136 g/mol. The standard InChI is InChI=1S/C6H6O.CNO/c7-6-4-2-1-3-5-6;2-1-3/h1-5,7H;/q;-1. The van der Waals surface area contributed by atoms with E-state index in [4.69, 9.17) is 15.3 Å². The average Bonchev–Trinajstić information content (AvgIpc) is 1.91. The van der Waals surface area contributed by atoms with E-state index in [1.807, 2.05) is 6.07 Å². The molecule has 0 amide bonds. The minimum absolute atomic E-state index is 0.322. The van der Waals surface area contributed by atoms with Gasteiger partial charge in [-0.25, -0.2) is 0 Å². The third-order valence-electron chi connectivity index (χ3n) is 0.756. The van der Waals surface area contributed by atoms with Gasteiger partial charge in [0, 0.05) is 0 Å². The Morgan fingerprint density at radius 1 is 1.30 bits per heavy atom. The van der Waals surface area contributed by atoms with Crippen molar-refractivity contribution in [3.8, 4) is 5.75 Å². The van der Waals surface area contributed by atoms with Crippen LogP contribution in [0.4, 0.5) is 0 Å². The molecule has 0 saturated carbocycles. The molecule has 0 spiro atoms. The van der Waals surface area contributed by atoms with Gasteiger partial charge in [0.2, 0.25) is 0 Å². The predicted molar refractivity (Wildman–Crippen MR) is 37.2 cm³/mol. The number of benzene rings is 1. The highest BCUT2D eigenvalue weighted by Gasteiger charge is 1.74. The van der Waals surface area contributed by atoms with Crippen molar-refractivity contribution in [1.82, 2.24) is 0 Å². The van der Waals surface area contributed by atoms with Crippen molar-refractivity contribution in [2.45, 2.75) is 0 Å². The zero-order valence-corrected chi connectivity index (χ0v) is 5.19. The molecule has 10 heavy (non-hydrogen) atoms. The van der Waals surface area contributed by atoms with Gasteiger partial charge in [-0.05, 0) is 18.2 Å².